The van der Waals surface area contributed by atoms with E-state index >= 15 is 0 Å². The lowest BCUT2D eigenvalue weighted by molar-refractivity contribution is 0.0901. The fraction of sp³-hybridized carbons (Fsp3) is 0.591. The van der Waals surface area contributed by atoms with E-state index in [1.165, 1.54) is 17.1 Å². The van der Waals surface area contributed by atoms with Crippen LogP contribution in [0.25, 0.3) is 11.4 Å². The second-order valence-electron chi connectivity index (χ2n) is 8.69. The molecule has 1 N–H and O–H groups in total. The van der Waals surface area contributed by atoms with E-state index in [9.17, 15) is 13.2 Å². The van der Waals surface area contributed by atoms with Crippen molar-refractivity contribution >= 4 is 15.9 Å². The quantitative estimate of drug-likeness (QED) is 0.674. The molecule has 0 bridgehead atoms. The molecule has 1 amide bonds. The molecule has 2 aliphatic rings. The van der Waals surface area contributed by atoms with Gasteiger partial charge in [-0.1, -0.05) is 18.5 Å². The van der Waals surface area contributed by atoms with Gasteiger partial charge in [-0.2, -0.15) is 9.29 Å². The number of carbonyl (C=O) groups is 1. The molecule has 1 aromatic heterocycles. The molecule has 10 heteroatoms. The number of rotatable bonds is 7. The molecule has 0 aliphatic carbocycles. The van der Waals surface area contributed by atoms with Gasteiger partial charge in [0.2, 0.25) is 15.8 Å². The molecule has 9 nitrogen and oxygen atoms in total. The Balaban J connectivity index is 1.33. The van der Waals surface area contributed by atoms with Crippen LogP contribution in [0.5, 0.6) is 0 Å². The van der Waals surface area contributed by atoms with Gasteiger partial charge in [0.1, 0.15) is 0 Å². The molecule has 0 spiro atoms. The van der Waals surface area contributed by atoms with Gasteiger partial charge in [-0.25, -0.2) is 8.42 Å². The van der Waals surface area contributed by atoms with Crippen LogP contribution >= 0.6 is 0 Å². The molecular weight excluding hydrogens is 430 g/mol. The third-order valence-electron chi connectivity index (χ3n) is 6.28. The summed E-state index contributed by atoms with van der Waals surface area (Å²) in [5.41, 5.74) is 0.591. The maximum Gasteiger partial charge on any atom is 0.316 e. The van der Waals surface area contributed by atoms with Gasteiger partial charge >= 0.3 is 11.8 Å². The standard InChI is InChI=1S/C22H31N5O4S/c1-17-9-14-26(15-10-17)16-11-23-21(28)22-24-20(25-31-22)18-5-7-19(8-6-18)32(29,30)27-12-3-2-4-13-27/h5-8,17H,2-4,9-16H2,1H3,(H,23,28). The molecule has 0 atom stereocenters. The first kappa shape index (κ1) is 22.9. The number of piperidine rings is 2. The molecular formula is C22H31N5O4S. The zero-order valence-corrected chi connectivity index (χ0v) is 19.3. The van der Waals surface area contributed by atoms with Crippen molar-refractivity contribution in [2.75, 3.05) is 39.3 Å². The van der Waals surface area contributed by atoms with E-state index in [0.717, 1.165) is 44.8 Å². The smallest absolute Gasteiger partial charge is 0.316 e. The third kappa shape index (κ3) is 5.36. The van der Waals surface area contributed by atoms with Crippen molar-refractivity contribution in [2.24, 2.45) is 5.92 Å². The molecule has 0 saturated carbocycles. The van der Waals surface area contributed by atoms with Crippen LogP contribution in [-0.4, -0.2) is 72.9 Å². The van der Waals surface area contributed by atoms with Crippen molar-refractivity contribution in [3.63, 3.8) is 0 Å². The summed E-state index contributed by atoms with van der Waals surface area (Å²) in [6, 6.07) is 6.38. The lowest BCUT2D eigenvalue weighted by Crippen LogP contribution is -2.39. The van der Waals surface area contributed by atoms with E-state index in [-0.39, 0.29) is 16.6 Å². The van der Waals surface area contributed by atoms with Gasteiger partial charge in [0.05, 0.1) is 4.90 Å². The van der Waals surface area contributed by atoms with E-state index in [2.05, 4.69) is 27.3 Å². The average Bonchev–Trinajstić information content (AvgIpc) is 3.31. The lowest BCUT2D eigenvalue weighted by Gasteiger charge is -2.29. The Kier molecular flexibility index (Phi) is 7.22. The Bertz CT molecular complexity index is 1010. The van der Waals surface area contributed by atoms with Gasteiger partial charge in [0.25, 0.3) is 0 Å². The third-order valence-corrected chi connectivity index (χ3v) is 8.19. The summed E-state index contributed by atoms with van der Waals surface area (Å²) in [5, 5.41) is 6.70. The monoisotopic (exact) mass is 461 g/mol. The minimum atomic E-state index is -3.49. The molecule has 0 radical (unpaired) electrons. The number of hydrogen-bond acceptors (Lipinski definition) is 7. The zero-order chi connectivity index (χ0) is 22.6. The first-order chi connectivity index (χ1) is 15.4. The fourth-order valence-corrected chi connectivity index (χ4v) is 5.67. The van der Waals surface area contributed by atoms with Gasteiger partial charge in [0.15, 0.2) is 0 Å². The molecule has 1 aromatic carbocycles. The highest BCUT2D eigenvalue weighted by Gasteiger charge is 2.26. The number of carbonyl (C=O) groups excluding carboxylic acids is 1. The summed E-state index contributed by atoms with van der Waals surface area (Å²) in [4.78, 5) is 19.1. The number of nitrogens with one attached hydrogen (secondary N) is 1. The highest BCUT2D eigenvalue weighted by molar-refractivity contribution is 7.89. The first-order valence-electron chi connectivity index (χ1n) is 11.4. The normalized spacial score (nSPS) is 19.2. The number of amides is 1. The van der Waals surface area contributed by atoms with Crippen molar-refractivity contribution in [3.05, 3.63) is 30.2 Å². The summed E-state index contributed by atoms with van der Waals surface area (Å²) >= 11 is 0. The Morgan fingerprint density at radius 1 is 1.09 bits per heavy atom. The van der Waals surface area contributed by atoms with E-state index in [1.54, 1.807) is 24.3 Å². The Morgan fingerprint density at radius 3 is 2.47 bits per heavy atom. The van der Waals surface area contributed by atoms with Crippen LogP contribution in [0, 0.1) is 5.92 Å². The summed E-state index contributed by atoms with van der Waals surface area (Å²) in [6.45, 7) is 6.83. The average molecular weight is 462 g/mol. The number of sulfonamides is 1. The van der Waals surface area contributed by atoms with Gasteiger partial charge in [-0.3, -0.25) is 4.79 Å². The summed E-state index contributed by atoms with van der Waals surface area (Å²) in [6.07, 6.45) is 5.24. The van der Waals surface area contributed by atoms with Gasteiger partial charge in [0, 0.05) is 31.7 Å². The number of hydrogen-bond donors (Lipinski definition) is 1. The van der Waals surface area contributed by atoms with E-state index in [0.29, 0.717) is 25.2 Å². The van der Waals surface area contributed by atoms with Crippen molar-refractivity contribution in [1.82, 2.24) is 24.7 Å². The maximum absolute atomic E-state index is 12.8. The summed E-state index contributed by atoms with van der Waals surface area (Å²) < 4.78 is 32.2. The molecule has 2 fully saturated rings. The largest absolute Gasteiger partial charge is 0.347 e. The summed E-state index contributed by atoms with van der Waals surface area (Å²) in [5.74, 6) is 0.523. The second kappa shape index (κ2) is 10.1. The van der Waals surface area contributed by atoms with Crippen LogP contribution in [0.3, 0.4) is 0 Å². The maximum atomic E-state index is 12.8. The van der Waals surface area contributed by atoms with Crippen LogP contribution in [-0.2, 0) is 10.0 Å². The van der Waals surface area contributed by atoms with Gasteiger partial charge in [-0.15, -0.1) is 0 Å². The Morgan fingerprint density at radius 2 is 1.78 bits per heavy atom. The number of nitrogens with zero attached hydrogens (tertiary/aromatic N) is 4. The highest BCUT2D eigenvalue weighted by Crippen LogP contribution is 2.23. The molecule has 3 heterocycles. The van der Waals surface area contributed by atoms with Crippen LogP contribution in [0.2, 0.25) is 0 Å². The second-order valence-corrected chi connectivity index (χ2v) is 10.6. The minimum Gasteiger partial charge on any atom is -0.347 e. The zero-order valence-electron chi connectivity index (χ0n) is 18.5. The van der Waals surface area contributed by atoms with E-state index in [4.69, 9.17) is 4.52 Å². The molecule has 0 unspecified atom stereocenters. The van der Waals surface area contributed by atoms with Crippen LogP contribution < -0.4 is 5.32 Å². The van der Waals surface area contributed by atoms with Crippen molar-refractivity contribution in [3.8, 4) is 11.4 Å². The Hall–Kier alpha value is -2.30. The predicted molar refractivity (Wildman–Crippen MR) is 120 cm³/mol. The SMILES string of the molecule is CC1CCN(CCNC(=O)c2nc(-c3ccc(S(=O)(=O)N4CCCCC4)cc3)no2)CC1. The van der Waals surface area contributed by atoms with Crippen LogP contribution in [0.4, 0.5) is 0 Å². The van der Waals surface area contributed by atoms with Crippen molar-refractivity contribution < 1.29 is 17.7 Å². The number of aromatic nitrogens is 2. The molecule has 2 aromatic rings. The highest BCUT2D eigenvalue weighted by atomic mass is 32.2. The molecule has 2 aliphatic heterocycles. The fourth-order valence-electron chi connectivity index (χ4n) is 4.15. The van der Waals surface area contributed by atoms with Crippen molar-refractivity contribution in [2.45, 2.75) is 43.9 Å². The molecule has 174 valence electrons. The van der Waals surface area contributed by atoms with Crippen LogP contribution in [0.15, 0.2) is 33.7 Å². The molecule has 4 rings (SSSR count). The first-order valence-corrected chi connectivity index (χ1v) is 12.8. The molecule has 32 heavy (non-hydrogen) atoms. The van der Waals surface area contributed by atoms with Gasteiger partial charge in [-0.05, 0) is 69.0 Å². The van der Waals surface area contributed by atoms with Gasteiger partial charge < -0.3 is 14.7 Å². The van der Waals surface area contributed by atoms with E-state index in [1.807, 2.05) is 0 Å². The molecule has 2 saturated heterocycles. The number of benzene rings is 1. The number of likely N-dealkylation sites (tertiary alicyclic amines) is 1. The van der Waals surface area contributed by atoms with E-state index < -0.39 is 15.9 Å². The summed E-state index contributed by atoms with van der Waals surface area (Å²) in [7, 11) is -3.49. The lowest BCUT2D eigenvalue weighted by atomic mass is 9.99. The van der Waals surface area contributed by atoms with Crippen LogP contribution in [0.1, 0.15) is 49.7 Å². The predicted octanol–water partition coefficient (Wildman–Crippen LogP) is 2.37. The minimum absolute atomic E-state index is 0.0997. The Labute approximate surface area is 189 Å². The van der Waals surface area contributed by atoms with Crippen molar-refractivity contribution in [1.29, 1.82) is 0 Å². The topological polar surface area (TPSA) is 109 Å².